The van der Waals surface area contributed by atoms with E-state index in [4.69, 9.17) is 4.74 Å². The third kappa shape index (κ3) is 6.05. The Morgan fingerprint density at radius 1 is 1.00 bits per heavy atom. The van der Waals surface area contributed by atoms with Crippen molar-refractivity contribution in [1.82, 2.24) is 4.90 Å². The Hall–Kier alpha value is -1.70. The van der Waals surface area contributed by atoms with E-state index < -0.39 is 34.4 Å². The number of nitrogens with zero attached hydrogens (tertiary/aromatic N) is 1. The Balaban J connectivity index is 2.48. The van der Waals surface area contributed by atoms with Crippen LogP contribution in [0.15, 0.2) is 47.4 Å². The van der Waals surface area contributed by atoms with Gasteiger partial charge in [-0.3, -0.25) is 9.46 Å². The lowest BCUT2D eigenvalue weighted by molar-refractivity contribution is 0.0380. The van der Waals surface area contributed by atoms with E-state index in [-0.39, 0.29) is 16.5 Å². The van der Waals surface area contributed by atoms with Gasteiger partial charge in [0.2, 0.25) is 0 Å². The molecule has 2 aromatic rings. The normalized spacial score (nSPS) is 21.0. The topological polar surface area (TPSA) is 104 Å². The zero-order valence-corrected chi connectivity index (χ0v) is 25.1. The van der Waals surface area contributed by atoms with Gasteiger partial charge in [0.05, 0.1) is 29.5 Å². The molecule has 2 atom stereocenters. The molecule has 7 nitrogen and oxygen atoms in total. The average molecular weight is 566 g/mol. The third-order valence-corrected chi connectivity index (χ3v) is 11.2. The van der Waals surface area contributed by atoms with Gasteiger partial charge in [-0.05, 0) is 49.1 Å². The predicted molar refractivity (Wildman–Crippen MR) is 152 cm³/mol. The molecular weight excluding hydrogens is 521 g/mol. The first-order valence-corrected chi connectivity index (χ1v) is 17.2. The Bertz CT molecular complexity index is 1220. The Morgan fingerprint density at radius 2 is 1.61 bits per heavy atom. The number of fused-ring (bicyclic) bond motifs is 1. The zero-order chi connectivity index (χ0) is 28.1. The van der Waals surface area contributed by atoms with Crippen LogP contribution < -0.4 is 4.74 Å². The maximum Gasteiger partial charge on any atom is 0.330 e. The summed E-state index contributed by atoms with van der Waals surface area (Å²) in [5.41, 5.74) is 1.22. The molecule has 9 heteroatoms. The van der Waals surface area contributed by atoms with Gasteiger partial charge < -0.3 is 14.5 Å². The fourth-order valence-corrected chi connectivity index (χ4v) is 9.65. The van der Waals surface area contributed by atoms with Crippen molar-refractivity contribution < 1.29 is 27.5 Å². The number of ether oxygens (including phenoxy) is 1. The molecular formula is C29H44NO6PS. The SMILES string of the molecule is CCCCC1(CCCC)C(CC)S(=O)(=O)c2cc(CP(=O)(O)O)c(OC)cc2C(c2ccccc2)N1CC. The highest BCUT2D eigenvalue weighted by molar-refractivity contribution is 7.92. The summed E-state index contributed by atoms with van der Waals surface area (Å²) in [6, 6.07) is 12.8. The number of rotatable bonds is 12. The minimum absolute atomic E-state index is 0.163. The maximum absolute atomic E-state index is 14.7. The van der Waals surface area contributed by atoms with Gasteiger partial charge in [0, 0.05) is 11.1 Å². The minimum atomic E-state index is -4.47. The number of methoxy groups -OCH3 is 1. The van der Waals surface area contributed by atoms with Gasteiger partial charge >= 0.3 is 7.60 Å². The number of sulfone groups is 1. The average Bonchev–Trinajstić information content (AvgIpc) is 2.94. The van der Waals surface area contributed by atoms with E-state index in [0.717, 1.165) is 44.1 Å². The highest BCUT2D eigenvalue weighted by Gasteiger charge is 2.54. The second kappa shape index (κ2) is 12.6. The third-order valence-electron chi connectivity index (χ3n) is 8.00. The molecule has 0 spiro atoms. The summed E-state index contributed by atoms with van der Waals surface area (Å²) < 4.78 is 47.0. The smallest absolute Gasteiger partial charge is 0.330 e. The Kier molecular flexibility index (Phi) is 10.3. The summed E-state index contributed by atoms with van der Waals surface area (Å²) in [4.78, 5) is 22.1. The molecule has 2 unspecified atom stereocenters. The van der Waals surface area contributed by atoms with E-state index in [1.807, 2.05) is 37.3 Å². The van der Waals surface area contributed by atoms with Crippen LogP contribution in [0.25, 0.3) is 0 Å². The van der Waals surface area contributed by atoms with Gasteiger partial charge in [-0.15, -0.1) is 0 Å². The van der Waals surface area contributed by atoms with E-state index in [2.05, 4.69) is 25.7 Å². The van der Waals surface area contributed by atoms with Gasteiger partial charge in [0.15, 0.2) is 9.84 Å². The van der Waals surface area contributed by atoms with Crippen molar-refractivity contribution in [1.29, 1.82) is 0 Å². The van der Waals surface area contributed by atoms with Gasteiger partial charge in [-0.1, -0.05) is 83.7 Å². The van der Waals surface area contributed by atoms with E-state index in [9.17, 15) is 22.8 Å². The number of unbranched alkanes of at least 4 members (excludes halogenated alkanes) is 2. The number of benzene rings is 2. The summed E-state index contributed by atoms with van der Waals surface area (Å²) in [6.07, 6.45) is 5.15. The molecule has 212 valence electrons. The van der Waals surface area contributed by atoms with Crippen LogP contribution in [0.5, 0.6) is 5.75 Å². The largest absolute Gasteiger partial charge is 0.496 e. The summed E-state index contributed by atoms with van der Waals surface area (Å²) in [7, 11) is -6.89. The lowest BCUT2D eigenvalue weighted by Crippen LogP contribution is -2.58. The van der Waals surface area contributed by atoms with Crippen molar-refractivity contribution in [3.8, 4) is 5.75 Å². The first-order valence-electron chi connectivity index (χ1n) is 13.8. The molecule has 2 N–H and O–H groups in total. The van der Waals surface area contributed by atoms with Crippen molar-refractivity contribution in [3.63, 3.8) is 0 Å². The van der Waals surface area contributed by atoms with Gasteiger partial charge in [-0.2, -0.15) is 0 Å². The standard InChI is InChI=1S/C29H44NO6PS/c1-6-10-17-29(18-11-7-2)27(8-3)38(34,35)26-19-23(21-37(31,32)33)25(36-5)20-24(26)28(30(29)9-4)22-15-13-12-14-16-22/h12-16,19-20,27-28H,6-11,17-18,21H2,1-5H3,(H2,31,32,33). The maximum atomic E-state index is 14.7. The van der Waals surface area contributed by atoms with E-state index in [0.29, 0.717) is 24.3 Å². The van der Waals surface area contributed by atoms with Gasteiger partial charge in [0.25, 0.3) is 0 Å². The van der Waals surface area contributed by atoms with E-state index in [1.54, 1.807) is 6.07 Å². The molecule has 3 rings (SSSR count). The first kappa shape index (κ1) is 30.8. The lowest BCUT2D eigenvalue weighted by Gasteiger charge is -2.50. The number of hydrogen-bond donors (Lipinski definition) is 2. The molecule has 0 fully saturated rings. The molecule has 0 saturated carbocycles. The van der Waals surface area contributed by atoms with Crippen molar-refractivity contribution in [2.24, 2.45) is 0 Å². The lowest BCUT2D eigenvalue weighted by atomic mass is 9.78. The first-order chi connectivity index (χ1) is 18.0. The highest BCUT2D eigenvalue weighted by atomic mass is 32.2. The van der Waals surface area contributed by atoms with Crippen LogP contribution in [0.2, 0.25) is 0 Å². The second-order valence-corrected chi connectivity index (χ2v) is 14.1. The van der Waals surface area contributed by atoms with Gasteiger partial charge in [0.1, 0.15) is 5.75 Å². The molecule has 2 aromatic carbocycles. The molecule has 1 aliphatic heterocycles. The monoisotopic (exact) mass is 565 g/mol. The summed E-state index contributed by atoms with van der Waals surface area (Å²) in [5, 5.41) is -0.656. The van der Waals surface area contributed by atoms with Gasteiger partial charge in [-0.25, -0.2) is 8.42 Å². The van der Waals surface area contributed by atoms with E-state index >= 15 is 0 Å². The number of hydrogen-bond acceptors (Lipinski definition) is 5. The van der Waals surface area contributed by atoms with E-state index in [1.165, 1.54) is 13.2 Å². The summed E-state index contributed by atoms with van der Waals surface area (Å²) >= 11 is 0. The zero-order valence-electron chi connectivity index (χ0n) is 23.4. The van der Waals surface area contributed by atoms with Crippen LogP contribution in [-0.2, 0) is 20.6 Å². The van der Waals surface area contributed by atoms with Crippen LogP contribution in [0.3, 0.4) is 0 Å². The van der Waals surface area contributed by atoms with Crippen molar-refractivity contribution >= 4 is 17.4 Å². The fourth-order valence-electron chi connectivity index (χ4n) is 6.46. The molecule has 0 aliphatic carbocycles. The fraction of sp³-hybridized carbons (Fsp3) is 0.586. The Labute approximate surface area is 228 Å². The predicted octanol–water partition coefficient (Wildman–Crippen LogP) is 6.47. The molecule has 0 bridgehead atoms. The molecule has 0 amide bonds. The second-order valence-electron chi connectivity index (χ2n) is 10.4. The molecule has 0 saturated heterocycles. The van der Waals surface area contributed by atoms with Crippen LogP contribution in [0, 0.1) is 0 Å². The summed E-state index contributed by atoms with van der Waals surface area (Å²) in [5.74, 6) is 0.293. The molecule has 38 heavy (non-hydrogen) atoms. The molecule has 0 aromatic heterocycles. The molecule has 1 aliphatic rings. The Morgan fingerprint density at radius 3 is 2.08 bits per heavy atom. The molecule has 0 radical (unpaired) electrons. The summed E-state index contributed by atoms with van der Waals surface area (Å²) in [6.45, 7) is 8.99. The van der Waals surface area contributed by atoms with Crippen LogP contribution in [0.1, 0.15) is 95.4 Å². The van der Waals surface area contributed by atoms with Crippen LogP contribution in [0.4, 0.5) is 0 Å². The van der Waals surface area contributed by atoms with Crippen LogP contribution >= 0.6 is 7.60 Å². The van der Waals surface area contributed by atoms with Crippen molar-refractivity contribution in [3.05, 3.63) is 59.2 Å². The molecule has 1 heterocycles. The van der Waals surface area contributed by atoms with Crippen LogP contribution in [-0.4, -0.2) is 47.5 Å². The quantitative estimate of drug-likeness (QED) is 0.284. The van der Waals surface area contributed by atoms with Crippen molar-refractivity contribution in [2.75, 3.05) is 13.7 Å². The van der Waals surface area contributed by atoms with Crippen molar-refractivity contribution in [2.45, 2.75) is 101 Å². The highest BCUT2D eigenvalue weighted by Crippen LogP contribution is 2.52. The minimum Gasteiger partial charge on any atom is -0.496 e.